The molecule has 0 fully saturated rings. The molecule has 0 radical (unpaired) electrons. The van der Waals surface area contributed by atoms with Gasteiger partial charge in [-0.15, -0.1) is 0 Å². The molecule has 34 heavy (non-hydrogen) atoms. The highest BCUT2D eigenvalue weighted by atomic mass is 16.5. The van der Waals surface area contributed by atoms with Crippen molar-refractivity contribution in [1.29, 1.82) is 0 Å². The third kappa shape index (κ3) is 5.44. The van der Waals surface area contributed by atoms with E-state index in [2.05, 4.69) is 0 Å². The van der Waals surface area contributed by atoms with Crippen LogP contribution in [0.4, 0.5) is 0 Å². The molecule has 182 valence electrons. The summed E-state index contributed by atoms with van der Waals surface area (Å²) in [4.78, 5) is 27.1. The van der Waals surface area contributed by atoms with Crippen LogP contribution in [0, 0.1) is 0 Å². The van der Waals surface area contributed by atoms with Gasteiger partial charge in [0.05, 0.1) is 47.5 Å². The number of ether oxygens (including phenoxy) is 5. The number of carbonyl (C=O) groups excluding carboxylic acids is 2. The van der Waals surface area contributed by atoms with Gasteiger partial charge in [0.2, 0.25) is 5.91 Å². The number of amides is 1. The molecule has 1 aliphatic heterocycles. The van der Waals surface area contributed by atoms with Gasteiger partial charge in [-0.1, -0.05) is 6.07 Å². The number of esters is 1. The standard InChI is InChI=1S/C26H31NO7/c1-6-34-21-9-7-17(13-22(21)30-2)8-10-25(28)27-12-11-18-14-23(31-3)24(32-4)15-19(18)20(27)16-26(29)33-5/h7-10,13-15,20H,6,11-12,16H2,1-5H3/b10-8+. The highest BCUT2D eigenvalue weighted by Crippen LogP contribution is 2.39. The normalized spacial score (nSPS) is 15.0. The molecule has 2 aromatic rings. The second-order valence-corrected chi connectivity index (χ2v) is 7.66. The van der Waals surface area contributed by atoms with Gasteiger partial charge >= 0.3 is 5.97 Å². The lowest BCUT2D eigenvalue weighted by Gasteiger charge is -2.36. The van der Waals surface area contributed by atoms with Crippen LogP contribution in [-0.4, -0.2) is 58.4 Å². The Kier molecular flexibility index (Phi) is 8.40. The Morgan fingerprint density at radius 3 is 2.29 bits per heavy atom. The Bertz CT molecular complexity index is 1060. The van der Waals surface area contributed by atoms with Crippen LogP contribution in [0.1, 0.15) is 36.1 Å². The molecule has 1 unspecified atom stereocenters. The highest BCUT2D eigenvalue weighted by molar-refractivity contribution is 5.92. The van der Waals surface area contributed by atoms with Crippen molar-refractivity contribution in [3.63, 3.8) is 0 Å². The summed E-state index contributed by atoms with van der Waals surface area (Å²) in [6, 6.07) is 8.73. The summed E-state index contributed by atoms with van der Waals surface area (Å²) in [5.41, 5.74) is 2.65. The van der Waals surface area contributed by atoms with E-state index < -0.39 is 12.0 Å². The van der Waals surface area contributed by atoms with Crippen LogP contribution in [0.2, 0.25) is 0 Å². The number of benzene rings is 2. The zero-order chi connectivity index (χ0) is 24.7. The lowest BCUT2D eigenvalue weighted by Crippen LogP contribution is -2.40. The Balaban J connectivity index is 1.90. The van der Waals surface area contributed by atoms with Crippen molar-refractivity contribution in [2.24, 2.45) is 0 Å². The molecule has 8 nitrogen and oxygen atoms in total. The van der Waals surface area contributed by atoms with E-state index in [0.717, 1.165) is 16.7 Å². The molecule has 1 aliphatic rings. The van der Waals surface area contributed by atoms with E-state index in [0.29, 0.717) is 42.6 Å². The summed E-state index contributed by atoms with van der Waals surface area (Å²) in [6.07, 6.45) is 3.89. The molecular weight excluding hydrogens is 438 g/mol. The van der Waals surface area contributed by atoms with E-state index in [1.165, 1.54) is 13.2 Å². The molecule has 0 aromatic heterocycles. The molecule has 8 heteroatoms. The minimum absolute atomic E-state index is 0.0371. The van der Waals surface area contributed by atoms with Crippen molar-refractivity contribution in [2.75, 3.05) is 41.6 Å². The molecule has 1 amide bonds. The second kappa shape index (κ2) is 11.4. The van der Waals surface area contributed by atoms with Gasteiger partial charge in [-0.2, -0.15) is 0 Å². The summed E-state index contributed by atoms with van der Waals surface area (Å²) < 4.78 is 26.7. The first-order valence-electron chi connectivity index (χ1n) is 11.1. The van der Waals surface area contributed by atoms with Crippen LogP contribution >= 0.6 is 0 Å². The Labute approximate surface area is 200 Å². The minimum Gasteiger partial charge on any atom is -0.493 e. The van der Waals surface area contributed by atoms with Crippen LogP contribution in [0.3, 0.4) is 0 Å². The Morgan fingerprint density at radius 1 is 0.971 bits per heavy atom. The van der Waals surface area contributed by atoms with Gasteiger partial charge in [0.1, 0.15) is 0 Å². The maximum Gasteiger partial charge on any atom is 0.307 e. The average Bonchev–Trinajstić information content (AvgIpc) is 2.87. The summed E-state index contributed by atoms with van der Waals surface area (Å²) >= 11 is 0. The zero-order valence-electron chi connectivity index (χ0n) is 20.3. The number of nitrogens with zero attached hydrogens (tertiary/aromatic N) is 1. The number of hydrogen-bond donors (Lipinski definition) is 0. The molecule has 0 aliphatic carbocycles. The van der Waals surface area contributed by atoms with Crippen LogP contribution in [0.15, 0.2) is 36.4 Å². The number of methoxy groups -OCH3 is 4. The topological polar surface area (TPSA) is 83.5 Å². The first-order valence-corrected chi connectivity index (χ1v) is 11.1. The minimum atomic E-state index is -0.483. The fraction of sp³-hybridized carbons (Fsp3) is 0.385. The van der Waals surface area contributed by atoms with Gasteiger partial charge in [0.25, 0.3) is 0 Å². The largest absolute Gasteiger partial charge is 0.493 e. The third-order valence-electron chi connectivity index (χ3n) is 5.78. The average molecular weight is 470 g/mol. The smallest absolute Gasteiger partial charge is 0.307 e. The molecule has 0 saturated carbocycles. The Morgan fingerprint density at radius 2 is 1.65 bits per heavy atom. The molecule has 1 heterocycles. The SMILES string of the molecule is CCOc1ccc(/C=C/C(=O)N2CCc3cc(OC)c(OC)cc3C2CC(=O)OC)cc1OC. The number of carbonyl (C=O) groups is 2. The van der Waals surface area contributed by atoms with E-state index in [4.69, 9.17) is 23.7 Å². The molecule has 0 N–H and O–H groups in total. The van der Waals surface area contributed by atoms with Gasteiger partial charge in [0.15, 0.2) is 23.0 Å². The summed E-state index contributed by atoms with van der Waals surface area (Å²) in [5.74, 6) is 1.79. The maximum absolute atomic E-state index is 13.2. The van der Waals surface area contributed by atoms with Gasteiger partial charge in [-0.3, -0.25) is 9.59 Å². The lowest BCUT2D eigenvalue weighted by molar-refractivity contribution is -0.143. The second-order valence-electron chi connectivity index (χ2n) is 7.66. The summed E-state index contributed by atoms with van der Waals surface area (Å²) in [5, 5.41) is 0. The van der Waals surface area contributed by atoms with E-state index in [1.54, 1.807) is 32.3 Å². The van der Waals surface area contributed by atoms with E-state index in [9.17, 15) is 9.59 Å². The van der Waals surface area contributed by atoms with Crippen molar-refractivity contribution in [1.82, 2.24) is 4.90 Å². The fourth-order valence-electron chi connectivity index (χ4n) is 4.08. The molecule has 0 saturated heterocycles. The Hall–Kier alpha value is -3.68. The lowest BCUT2D eigenvalue weighted by atomic mass is 9.90. The van der Waals surface area contributed by atoms with Gasteiger partial charge in [0, 0.05) is 12.6 Å². The first kappa shape index (κ1) is 25.0. The van der Waals surface area contributed by atoms with Gasteiger partial charge in [-0.05, 0) is 60.4 Å². The van der Waals surface area contributed by atoms with Crippen LogP contribution in [0.5, 0.6) is 23.0 Å². The van der Waals surface area contributed by atoms with Crippen molar-refractivity contribution < 1.29 is 33.3 Å². The van der Waals surface area contributed by atoms with Crippen LogP contribution in [-0.2, 0) is 20.7 Å². The number of hydrogen-bond acceptors (Lipinski definition) is 7. The predicted molar refractivity (Wildman–Crippen MR) is 128 cm³/mol. The van der Waals surface area contributed by atoms with Crippen molar-refractivity contribution in [3.05, 3.63) is 53.1 Å². The van der Waals surface area contributed by atoms with E-state index in [1.807, 2.05) is 37.3 Å². The first-order chi connectivity index (χ1) is 16.4. The van der Waals surface area contributed by atoms with Gasteiger partial charge in [-0.25, -0.2) is 0 Å². The van der Waals surface area contributed by atoms with Crippen molar-refractivity contribution in [2.45, 2.75) is 25.8 Å². The van der Waals surface area contributed by atoms with Crippen molar-refractivity contribution >= 4 is 18.0 Å². The highest BCUT2D eigenvalue weighted by Gasteiger charge is 2.33. The summed E-state index contributed by atoms with van der Waals surface area (Å²) in [6.45, 7) is 2.89. The van der Waals surface area contributed by atoms with Crippen molar-refractivity contribution in [3.8, 4) is 23.0 Å². The van der Waals surface area contributed by atoms with E-state index >= 15 is 0 Å². The van der Waals surface area contributed by atoms with Crippen LogP contribution in [0.25, 0.3) is 6.08 Å². The van der Waals surface area contributed by atoms with Crippen LogP contribution < -0.4 is 18.9 Å². The maximum atomic E-state index is 13.2. The predicted octanol–water partition coefficient (Wildman–Crippen LogP) is 3.81. The molecular formula is C26H31NO7. The quantitative estimate of drug-likeness (QED) is 0.408. The summed E-state index contributed by atoms with van der Waals surface area (Å²) in [7, 11) is 6.04. The molecule has 3 rings (SSSR count). The zero-order valence-corrected chi connectivity index (χ0v) is 20.3. The van der Waals surface area contributed by atoms with E-state index in [-0.39, 0.29) is 12.3 Å². The molecule has 0 bridgehead atoms. The monoisotopic (exact) mass is 469 g/mol. The number of fused-ring (bicyclic) bond motifs is 1. The van der Waals surface area contributed by atoms with Gasteiger partial charge < -0.3 is 28.6 Å². The molecule has 2 aromatic carbocycles. The molecule has 1 atom stereocenters. The fourth-order valence-corrected chi connectivity index (χ4v) is 4.08. The number of rotatable bonds is 9. The third-order valence-corrected chi connectivity index (χ3v) is 5.78. The molecule has 0 spiro atoms.